The number of hydrogen-bond donors (Lipinski definition) is 3. The summed E-state index contributed by atoms with van der Waals surface area (Å²) in [6, 6.07) is 13.8. The monoisotopic (exact) mass is 548 g/mol. The summed E-state index contributed by atoms with van der Waals surface area (Å²) in [5.41, 5.74) is 8.69. The van der Waals surface area contributed by atoms with Gasteiger partial charge in [-0.15, -0.1) is 24.0 Å². The molecule has 168 valence electrons. The van der Waals surface area contributed by atoms with E-state index in [1.165, 1.54) is 16.8 Å². The molecule has 0 saturated carbocycles. The van der Waals surface area contributed by atoms with Crippen molar-refractivity contribution in [2.75, 3.05) is 25.9 Å². The second-order valence-electron chi connectivity index (χ2n) is 6.81. The molecule has 0 saturated heterocycles. The molecule has 2 aromatic heterocycles. The molecule has 0 fully saturated rings. The highest BCUT2D eigenvalue weighted by Crippen LogP contribution is 2.21. The minimum atomic E-state index is -0.344. The van der Waals surface area contributed by atoms with Crippen LogP contribution in [0.4, 0.5) is 10.2 Å². The average molecular weight is 548 g/mol. The number of hydrogen-bond acceptors (Lipinski definition) is 5. The zero-order valence-corrected chi connectivity index (χ0v) is 20.1. The molecular formula is C22H26FIN8. The van der Waals surface area contributed by atoms with Crippen LogP contribution in [0.5, 0.6) is 0 Å². The Hall–Kier alpha value is -3.20. The second-order valence-corrected chi connectivity index (χ2v) is 6.81. The van der Waals surface area contributed by atoms with Crippen LogP contribution in [0.3, 0.4) is 0 Å². The zero-order valence-electron chi connectivity index (χ0n) is 17.8. The molecule has 3 aromatic rings. The van der Waals surface area contributed by atoms with Gasteiger partial charge in [0.15, 0.2) is 5.96 Å². The number of guanidine groups is 1. The SMILES string of the molecule is CN=C(NCCCc1nn(-c2ccc(F)cc2)c(N)c1C#N)NCCc1ccccn1.I. The number of aromatic nitrogens is 3. The fourth-order valence-corrected chi connectivity index (χ4v) is 3.09. The lowest BCUT2D eigenvalue weighted by Gasteiger charge is -2.11. The molecule has 1 aromatic carbocycles. The van der Waals surface area contributed by atoms with Gasteiger partial charge in [-0.1, -0.05) is 6.07 Å². The van der Waals surface area contributed by atoms with E-state index < -0.39 is 0 Å². The normalized spacial score (nSPS) is 10.8. The van der Waals surface area contributed by atoms with E-state index in [0.717, 1.165) is 18.5 Å². The number of nitriles is 1. The fourth-order valence-electron chi connectivity index (χ4n) is 3.09. The number of aryl methyl sites for hydroxylation is 1. The molecule has 2 heterocycles. The van der Waals surface area contributed by atoms with E-state index in [9.17, 15) is 9.65 Å². The van der Waals surface area contributed by atoms with Crippen LogP contribution in [0.25, 0.3) is 5.69 Å². The zero-order chi connectivity index (χ0) is 22.1. The summed E-state index contributed by atoms with van der Waals surface area (Å²) in [6.07, 6.45) is 3.88. The highest BCUT2D eigenvalue weighted by molar-refractivity contribution is 14.0. The van der Waals surface area contributed by atoms with Crippen molar-refractivity contribution in [2.24, 2.45) is 4.99 Å². The van der Waals surface area contributed by atoms with Crippen molar-refractivity contribution in [3.8, 4) is 11.8 Å². The Labute approximate surface area is 203 Å². The van der Waals surface area contributed by atoms with Crippen molar-refractivity contribution in [3.63, 3.8) is 0 Å². The summed E-state index contributed by atoms with van der Waals surface area (Å²) >= 11 is 0. The van der Waals surface area contributed by atoms with Gasteiger partial charge in [0.2, 0.25) is 0 Å². The highest BCUT2D eigenvalue weighted by atomic mass is 127. The predicted octanol–water partition coefficient (Wildman–Crippen LogP) is 2.82. The van der Waals surface area contributed by atoms with E-state index in [4.69, 9.17) is 5.73 Å². The molecule has 3 rings (SSSR count). The molecule has 0 aliphatic carbocycles. The van der Waals surface area contributed by atoms with Gasteiger partial charge in [0, 0.05) is 38.4 Å². The number of aliphatic imine (C=N–C) groups is 1. The highest BCUT2D eigenvalue weighted by Gasteiger charge is 2.16. The molecule has 10 heteroatoms. The van der Waals surface area contributed by atoms with Gasteiger partial charge < -0.3 is 16.4 Å². The van der Waals surface area contributed by atoms with Gasteiger partial charge in [-0.05, 0) is 49.2 Å². The molecule has 0 aliphatic heterocycles. The van der Waals surface area contributed by atoms with Crippen molar-refractivity contribution in [2.45, 2.75) is 19.3 Å². The van der Waals surface area contributed by atoms with E-state index in [0.29, 0.717) is 42.4 Å². The van der Waals surface area contributed by atoms with Crippen LogP contribution in [0, 0.1) is 17.1 Å². The van der Waals surface area contributed by atoms with Crippen molar-refractivity contribution >= 4 is 35.8 Å². The summed E-state index contributed by atoms with van der Waals surface area (Å²) in [6.45, 7) is 1.37. The number of nitrogens with zero attached hydrogens (tertiary/aromatic N) is 5. The lowest BCUT2D eigenvalue weighted by atomic mass is 10.1. The molecule has 0 amide bonds. The minimum Gasteiger partial charge on any atom is -0.382 e. The first-order chi connectivity index (χ1) is 15.1. The van der Waals surface area contributed by atoms with Gasteiger partial charge in [0.1, 0.15) is 23.3 Å². The Bertz CT molecular complexity index is 1060. The first-order valence-electron chi connectivity index (χ1n) is 10.00. The molecule has 0 bridgehead atoms. The molecule has 0 atom stereocenters. The molecule has 32 heavy (non-hydrogen) atoms. The lowest BCUT2D eigenvalue weighted by Crippen LogP contribution is -2.38. The maximum atomic E-state index is 13.2. The number of nitrogens with two attached hydrogens (primary N) is 1. The van der Waals surface area contributed by atoms with Gasteiger partial charge in [-0.25, -0.2) is 9.07 Å². The number of benzene rings is 1. The number of halogens is 2. The number of nitrogen functional groups attached to an aromatic ring is 1. The number of pyridine rings is 1. The Morgan fingerprint density at radius 2 is 1.91 bits per heavy atom. The van der Waals surface area contributed by atoms with Crippen molar-refractivity contribution in [1.82, 2.24) is 25.4 Å². The van der Waals surface area contributed by atoms with E-state index in [-0.39, 0.29) is 35.6 Å². The number of rotatable bonds is 8. The molecule has 0 aliphatic rings. The summed E-state index contributed by atoms with van der Waals surface area (Å²) < 4.78 is 14.7. The van der Waals surface area contributed by atoms with Crippen LogP contribution < -0.4 is 16.4 Å². The third-order valence-electron chi connectivity index (χ3n) is 4.68. The van der Waals surface area contributed by atoms with Crippen LogP contribution in [-0.4, -0.2) is 40.9 Å². The van der Waals surface area contributed by atoms with Crippen LogP contribution in [0.1, 0.15) is 23.4 Å². The largest absolute Gasteiger partial charge is 0.382 e. The molecular weight excluding hydrogens is 522 g/mol. The molecule has 4 N–H and O–H groups in total. The maximum Gasteiger partial charge on any atom is 0.190 e. The third-order valence-corrected chi connectivity index (χ3v) is 4.68. The minimum absolute atomic E-state index is 0. The van der Waals surface area contributed by atoms with E-state index in [1.807, 2.05) is 18.2 Å². The predicted molar refractivity (Wildman–Crippen MR) is 134 cm³/mol. The molecule has 0 spiro atoms. The van der Waals surface area contributed by atoms with Gasteiger partial charge in [-0.3, -0.25) is 9.98 Å². The van der Waals surface area contributed by atoms with Crippen LogP contribution in [0.2, 0.25) is 0 Å². The quantitative estimate of drug-likeness (QED) is 0.173. The van der Waals surface area contributed by atoms with Crippen molar-refractivity contribution in [3.05, 3.63) is 71.4 Å². The average Bonchev–Trinajstić information content (AvgIpc) is 3.11. The Kier molecular flexibility index (Phi) is 9.87. The van der Waals surface area contributed by atoms with Crippen LogP contribution >= 0.6 is 24.0 Å². The maximum absolute atomic E-state index is 13.2. The first kappa shape index (κ1) is 25.1. The van der Waals surface area contributed by atoms with Crippen LogP contribution in [-0.2, 0) is 12.8 Å². The summed E-state index contributed by atoms with van der Waals surface area (Å²) in [7, 11) is 1.72. The smallest absolute Gasteiger partial charge is 0.190 e. The van der Waals surface area contributed by atoms with Gasteiger partial charge in [0.05, 0.1) is 11.4 Å². The topological polar surface area (TPSA) is 117 Å². The van der Waals surface area contributed by atoms with Crippen molar-refractivity contribution in [1.29, 1.82) is 5.26 Å². The Morgan fingerprint density at radius 1 is 1.16 bits per heavy atom. The van der Waals surface area contributed by atoms with Gasteiger partial charge in [-0.2, -0.15) is 10.4 Å². The summed E-state index contributed by atoms with van der Waals surface area (Å²) in [5, 5.41) is 20.5. The standard InChI is InChI=1S/C22H25FN8.HI/c1-26-22(29-14-11-17-5-2-3-12-27-17)28-13-4-6-20-19(15-24)21(25)31(30-20)18-9-7-16(23)8-10-18;/h2-3,5,7-10,12H,4,6,11,13-14,25H2,1H3,(H2,26,28,29);1H. The first-order valence-corrected chi connectivity index (χ1v) is 10.00. The second kappa shape index (κ2) is 12.6. The fraction of sp³-hybridized carbons (Fsp3) is 0.273. The summed E-state index contributed by atoms with van der Waals surface area (Å²) in [5.74, 6) is 0.611. The number of anilines is 1. The molecule has 0 unspecified atom stereocenters. The van der Waals surface area contributed by atoms with Gasteiger partial charge in [0.25, 0.3) is 0 Å². The summed E-state index contributed by atoms with van der Waals surface area (Å²) in [4.78, 5) is 8.51. The number of nitrogens with one attached hydrogen (secondary N) is 2. The van der Waals surface area contributed by atoms with Crippen molar-refractivity contribution < 1.29 is 4.39 Å². The molecule has 0 radical (unpaired) electrons. The lowest BCUT2D eigenvalue weighted by molar-refractivity contribution is 0.627. The van der Waals surface area contributed by atoms with Gasteiger partial charge >= 0.3 is 0 Å². The van der Waals surface area contributed by atoms with E-state index >= 15 is 0 Å². The van der Waals surface area contributed by atoms with E-state index in [2.05, 4.69) is 31.8 Å². The van der Waals surface area contributed by atoms with E-state index in [1.54, 1.807) is 25.4 Å². The van der Waals surface area contributed by atoms with Crippen LogP contribution in [0.15, 0.2) is 53.7 Å². The third kappa shape index (κ3) is 6.65. The Balaban J connectivity index is 0.00000363. The Morgan fingerprint density at radius 3 is 2.56 bits per heavy atom. The molecule has 8 nitrogen and oxygen atoms in total.